The van der Waals surface area contributed by atoms with E-state index in [1.165, 1.54) is 0 Å². The standard InChI is InChI=1S/C17H23N3O3/c1-2-16(22-6-1)10-19-5-7-21-13-17(12-19)8-15(11-23-17)9-20-4-3-18-14-20/h1-4,6,14-15H,5,7-13H2/t15-,17+/m0/s1. The topological polar surface area (TPSA) is 52.7 Å². The number of imidazole rings is 1. The molecule has 0 aliphatic carbocycles. The summed E-state index contributed by atoms with van der Waals surface area (Å²) in [4.78, 5) is 6.50. The van der Waals surface area contributed by atoms with Gasteiger partial charge in [-0.3, -0.25) is 4.90 Å². The number of rotatable bonds is 4. The molecule has 2 fully saturated rings. The second-order valence-electron chi connectivity index (χ2n) is 6.67. The second kappa shape index (κ2) is 6.47. The van der Waals surface area contributed by atoms with Crippen LogP contribution < -0.4 is 0 Å². The minimum Gasteiger partial charge on any atom is -0.468 e. The van der Waals surface area contributed by atoms with E-state index in [1.54, 1.807) is 6.26 Å². The molecule has 0 unspecified atom stereocenters. The van der Waals surface area contributed by atoms with E-state index < -0.39 is 0 Å². The third kappa shape index (κ3) is 3.49. The molecule has 0 saturated carbocycles. The predicted octanol–water partition coefficient (Wildman–Crippen LogP) is 1.78. The molecule has 2 aromatic rings. The molecule has 0 aromatic carbocycles. The Morgan fingerprint density at radius 2 is 2.39 bits per heavy atom. The van der Waals surface area contributed by atoms with Gasteiger partial charge in [-0.05, 0) is 18.6 Å². The van der Waals surface area contributed by atoms with Crippen LogP contribution in [0.1, 0.15) is 12.2 Å². The molecule has 0 bridgehead atoms. The maximum absolute atomic E-state index is 6.24. The first-order chi connectivity index (χ1) is 11.3. The maximum atomic E-state index is 6.24. The Hall–Kier alpha value is -1.63. The van der Waals surface area contributed by atoms with E-state index in [9.17, 15) is 0 Å². The SMILES string of the molecule is c1coc(CN2CCOC[C@@]3(C[C@@H](Cn4ccnc4)CO3)C2)c1. The maximum Gasteiger partial charge on any atom is 0.117 e. The Labute approximate surface area is 136 Å². The molecule has 6 heteroatoms. The van der Waals surface area contributed by atoms with Crippen molar-refractivity contribution < 1.29 is 13.9 Å². The van der Waals surface area contributed by atoms with Gasteiger partial charge in [0.15, 0.2) is 0 Å². The summed E-state index contributed by atoms with van der Waals surface area (Å²) >= 11 is 0. The molecule has 2 saturated heterocycles. The van der Waals surface area contributed by atoms with E-state index in [0.717, 1.165) is 51.6 Å². The van der Waals surface area contributed by atoms with Crippen LogP contribution >= 0.6 is 0 Å². The monoisotopic (exact) mass is 317 g/mol. The molecule has 0 N–H and O–H groups in total. The van der Waals surface area contributed by atoms with Crippen LogP contribution in [0.15, 0.2) is 41.5 Å². The van der Waals surface area contributed by atoms with Crippen molar-refractivity contribution in [2.75, 3.05) is 32.9 Å². The number of hydrogen-bond acceptors (Lipinski definition) is 5. The Kier molecular flexibility index (Phi) is 4.20. The summed E-state index contributed by atoms with van der Waals surface area (Å²) in [5.74, 6) is 1.51. The minimum absolute atomic E-state index is 0.186. The molecule has 1 spiro atoms. The molecule has 2 aliphatic rings. The zero-order valence-corrected chi connectivity index (χ0v) is 13.3. The van der Waals surface area contributed by atoms with Gasteiger partial charge in [-0.1, -0.05) is 0 Å². The first-order valence-electron chi connectivity index (χ1n) is 8.24. The quantitative estimate of drug-likeness (QED) is 0.860. The largest absolute Gasteiger partial charge is 0.468 e. The van der Waals surface area contributed by atoms with Crippen LogP contribution in [0, 0.1) is 5.92 Å². The number of hydrogen-bond donors (Lipinski definition) is 0. The normalized spacial score (nSPS) is 29.1. The summed E-state index contributed by atoms with van der Waals surface area (Å²) in [6, 6.07) is 3.96. The molecule has 23 heavy (non-hydrogen) atoms. The molecule has 4 rings (SSSR count). The zero-order chi connectivity index (χ0) is 15.5. The van der Waals surface area contributed by atoms with Crippen molar-refractivity contribution in [3.05, 3.63) is 42.9 Å². The summed E-state index contributed by atoms with van der Waals surface area (Å²) in [6.45, 7) is 5.80. The molecule has 0 radical (unpaired) electrons. The Bertz CT molecular complexity index is 599. The van der Waals surface area contributed by atoms with Gasteiger partial charge < -0.3 is 18.5 Å². The predicted molar refractivity (Wildman–Crippen MR) is 83.8 cm³/mol. The average molecular weight is 317 g/mol. The van der Waals surface area contributed by atoms with Crippen molar-refractivity contribution in [1.29, 1.82) is 0 Å². The van der Waals surface area contributed by atoms with Crippen LogP contribution in [0.4, 0.5) is 0 Å². The highest BCUT2D eigenvalue weighted by molar-refractivity contribution is 5.00. The van der Waals surface area contributed by atoms with Crippen molar-refractivity contribution in [2.24, 2.45) is 5.92 Å². The van der Waals surface area contributed by atoms with Crippen LogP contribution in [0.2, 0.25) is 0 Å². The smallest absolute Gasteiger partial charge is 0.117 e. The molecular formula is C17H23N3O3. The third-order valence-corrected chi connectivity index (χ3v) is 4.70. The van der Waals surface area contributed by atoms with Gasteiger partial charge in [0.05, 0.1) is 39.0 Å². The van der Waals surface area contributed by atoms with Gasteiger partial charge in [0.2, 0.25) is 0 Å². The summed E-state index contributed by atoms with van der Waals surface area (Å²) in [5, 5.41) is 0. The van der Waals surface area contributed by atoms with Crippen LogP contribution in [0.5, 0.6) is 0 Å². The lowest BCUT2D eigenvalue weighted by Crippen LogP contribution is -2.43. The van der Waals surface area contributed by atoms with Crippen molar-refractivity contribution in [3.63, 3.8) is 0 Å². The van der Waals surface area contributed by atoms with E-state index in [1.807, 2.05) is 30.9 Å². The molecule has 6 nitrogen and oxygen atoms in total. The fraction of sp³-hybridized carbons (Fsp3) is 0.588. The van der Waals surface area contributed by atoms with E-state index in [2.05, 4.69) is 14.5 Å². The van der Waals surface area contributed by atoms with Crippen molar-refractivity contribution >= 4 is 0 Å². The first kappa shape index (κ1) is 14.9. The highest BCUT2D eigenvalue weighted by Gasteiger charge is 2.43. The zero-order valence-electron chi connectivity index (χ0n) is 13.3. The average Bonchev–Trinajstić information content (AvgIpc) is 3.25. The fourth-order valence-electron chi connectivity index (χ4n) is 3.70. The first-order valence-corrected chi connectivity index (χ1v) is 8.24. The van der Waals surface area contributed by atoms with Gasteiger partial charge in [0.25, 0.3) is 0 Å². The van der Waals surface area contributed by atoms with Gasteiger partial charge in [-0.25, -0.2) is 4.98 Å². The van der Waals surface area contributed by atoms with Gasteiger partial charge in [0.1, 0.15) is 11.4 Å². The molecule has 2 atom stereocenters. The molecule has 4 heterocycles. The molecule has 0 amide bonds. The Morgan fingerprint density at radius 3 is 3.22 bits per heavy atom. The summed E-state index contributed by atoms with van der Waals surface area (Å²) in [7, 11) is 0. The van der Waals surface area contributed by atoms with Crippen molar-refractivity contribution in [3.8, 4) is 0 Å². The van der Waals surface area contributed by atoms with Crippen LogP contribution in [-0.4, -0.2) is 53.0 Å². The van der Waals surface area contributed by atoms with Crippen LogP contribution in [-0.2, 0) is 22.6 Å². The Morgan fingerprint density at radius 1 is 1.39 bits per heavy atom. The van der Waals surface area contributed by atoms with E-state index >= 15 is 0 Å². The van der Waals surface area contributed by atoms with Crippen LogP contribution in [0.25, 0.3) is 0 Å². The van der Waals surface area contributed by atoms with E-state index in [-0.39, 0.29) is 5.60 Å². The summed E-state index contributed by atoms with van der Waals surface area (Å²) < 4.78 is 19.7. The molecule has 124 valence electrons. The highest BCUT2D eigenvalue weighted by Crippen LogP contribution is 2.34. The van der Waals surface area contributed by atoms with Crippen LogP contribution in [0.3, 0.4) is 0 Å². The van der Waals surface area contributed by atoms with Gasteiger partial charge in [-0.2, -0.15) is 0 Å². The lowest BCUT2D eigenvalue weighted by molar-refractivity contribution is -0.0566. The summed E-state index contributed by atoms with van der Waals surface area (Å²) in [6.07, 6.45) is 8.47. The minimum atomic E-state index is -0.186. The molecule has 2 aromatic heterocycles. The van der Waals surface area contributed by atoms with Crippen molar-refractivity contribution in [1.82, 2.24) is 14.5 Å². The fourth-order valence-corrected chi connectivity index (χ4v) is 3.70. The molecular weight excluding hydrogens is 294 g/mol. The highest BCUT2D eigenvalue weighted by atomic mass is 16.5. The van der Waals surface area contributed by atoms with Gasteiger partial charge in [0, 0.05) is 37.9 Å². The van der Waals surface area contributed by atoms with Crippen molar-refractivity contribution in [2.45, 2.75) is 25.1 Å². The number of furan rings is 1. The molecule has 2 aliphatic heterocycles. The Balaban J connectivity index is 1.40. The van der Waals surface area contributed by atoms with Gasteiger partial charge >= 0.3 is 0 Å². The number of nitrogens with zero attached hydrogens (tertiary/aromatic N) is 3. The number of aromatic nitrogens is 2. The second-order valence-corrected chi connectivity index (χ2v) is 6.67. The van der Waals surface area contributed by atoms with Gasteiger partial charge in [-0.15, -0.1) is 0 Å². The van der Waals surface area contributed by atoms with E-state index in [0.29, 0.717) is 12.5 Å². The third-order valence-electron chi connectivity index (χ3n) is 4.70. The lowest BCUT2D eigenvalue weighted by atomic mass is 9.94. The lowest BCUT2D eigenvalue weighted by Gasteiger charge is -2.30. The van der Waals surface area contributed by atoms with E-state index in [4.69, 9.17) is 13.9 Å². The number of ether oxygens (including phenoxy) is 2. The summed E-state index contributed by atoms with van der Waals surface area (Å²) in [5.41, 5.74) is -0.186.